The molecule has 0 aliphatic heterocycles. The van der Waals surface area contributed by atoms with E-state index in [1.54, 1.807) is 6.20 Å². The van der Waals surface area contributed by atoms with Crippen molar-refractivity contribution in [2.75, 3.05) is 7.05 Å². The zero-order valence-corrected chi connectivity index (χ0v) is 15.3. The van der Waals surface area contributed by atoms with Crippen molar-refractivity contribution in [2.24, 2.45) is 0 Å². The van der Waals surface area contributed by atoms with E-state index in [0.717, 1.165) is 35.9 Å². The Labute approximate surface area is 155 Å². The maximum Gasteiger partial charge on any atom is 0.275 e. The number of aromatic nitrogens is 4. The number of amides is 1. The van der Waals surface area contributed by atoms with Crippen molar-refractivity contribution in [3.05, 3.63) is 52.2 Å². The highest BCUT2D eigenvalue weighted by molar-refractivity contribution is 5.92. The lowest BCUT2D eigenvalue weighted by atomic mass is 9.76. The van der Waals surface area contributed by atoms with Crippen LogP contribution in [0.4, 0.5) is 0 Å². The number of nitrogens with zero attached hydrogens (tertiary/aromatic N) is 4. The van der Waals surface area contributed by atoms with Gasteiger partial charge in [-0.25, -0.2) is 4.98 Å². The van der Waals surface area contributed by atoms with Crippen LogP contribution >= 0.6 is 0 Å². The van der Waals surface area contributed by atoms with Crippen LogP contribution in [0.1, 0.15) is 35.3 Å². The Morgan fingerprint density at radius 1 is 1.37 bits per heavy atom. The predicted octanol–water partition coefficient (Wildman–Crippen LogP) is 1.55. The number of aromatic hydroxyl groups is 1. The maximum absolute atomic E-state index is 12.0. The molecule has 0 saturated heterocycles. The Bertz CT molecular complexity index is 1090. The van der Waals surface area contributed by atoms with Crippen LogP contribution in [-0.2, 0) is 12.1 Å². The van der Waals surface area contributed by atoms with Crippen LogP contribution in [0.2, 0.25) is 0 Å². The largest absolute Gasteiger partial charge is 0.503 e. The summed E-state index contributed by atoms with van der Waals surface area (Å²) in [6.45, 7) is 2.49. The molecule has 0 radical (unpaired) electrons. The summed E-state index contributed by atoms with van der Waals surface area (Å²) in [6.07, 6.45) is 8.09. The van der Waals surface area contributed by atoms with E-state index in [4.69, 9.17) is 0 Å². The molecule has 1 aliphatic rings. The van der Waals surface area contributed by atoms with Gasteiger partial charge in [0.1, 0.15) is 5.65 Å². The molecule has 0 atom stereocenters. The van der Waals surface area contributed by atoms with Crippen LogP contribution in [0.3, 0.4) is 0 Å². The van der Waals surface area contributed by atoms with Gasteiger partial charge in [-0.15, -0.1) is 0 Å². The topological polar surface area (TPSA) is 102 Å². The van der Waals surface area contributed by atoms with Gasteiger partial charge in [0.2, 0.25) is 0 Å². The average molecular weight is 367 g/mol. The van der Waals surface area contributed by atoms with Gasteiger partial charge in [0.25, 0.3) is 11.3 Å². The second-order valence-corrected chi connectivity index (χ2v) is 7.10. The Kier molecular flexibility index (Phi) is 3.98. The molecule has 140 valence electrons. The van der Waals surface area contributed by atoms with Gasteiger partial charge in [-0.1, -0.05) is 0 Å². The van der Waals surface area contributed by atoms with Crippen molar-refractivity contribution in [3.63, 3.8) is 0 Å². The van der Waals surface area contributed by atoms with E-state index in [-0.39, 0.29) is 11.2 Å². The third-order valence-corrected chi connectivity index (χ3v) is 5.40. The average Bonchev–Trinajstić information content (AvgIpc) is 2.97. The van der Waals surface area contributed by atoms with Gasteiger partial charge in [-0.05, 0) is 43.9 Å². The van der Waals surface area contributed by atoms with E-state index in [1.807, 2.05) is 12.1 Å². The highest BCUT2D eigenvalue weighted by Gasteiger charge is 2.41. The van der Waals surface area contributed by atoms with Gasteiger partial charge in [-0.2, -0.15) is 5.10 Å². The van der Waals surface area contributed by atoms with Crippen molar-refractivity contribution < 1.29 is 9.90 Å². The molecule has 2 N–H and O–H groups in total. The van der Waals surface area contributed by atoms with Gasteiger partial charge in [0.05, 0.1) is 18.3 Å². The van der Waals surface area contributed by atoms with Crippen molar-refractivity contribution in [1.82, 2.24) is 24.6 Å². The van der Waals surface area contributed by atoms with E-state index in [1.165, 1.54) is 17.9 Å². The van der Waals surface area contributed by atoms with Crippen LogP contribution < -0.4 is 10.7 Å². The molecule has 3 heterocycles. The van der Waals surface area contributed by atoms with Crippen LogP contribution in [0.15, 0.2) is 35.5 Å². The predicted molar refractivity (Wildman–Crippen MR) is 99.8 cm³/mol. The highest BCUT2D eigenvalue weighted by Crippen LogP contribution is 2.43. The summed E-state index contributed by atoms with van der Waals surface area (Å²) in [4.78, 5) is 28.5. The van der Waals surface area contributed by atoms with Gasteiger partial charge in [0, 0.05) is 24.8 Å². The van der Waals surface area contributed by atoms with E-state index in [2.05, 4.69) is 33.1 Å². The summed E-state index contributed by atoms with van der Waals surface area (Å²) in [6, 6.07) is 3.97. The molecule has 27 heavy (non-hydrogen) atoms. The third-order valence-electron chi connectivity index (χ3n) is 5.40. The Hall–Kier alpha value is -3.16. The number of hydrogen-bond acceptors (Lipinski definition) is 5. The molecule has 3 aromatic heterocycles. The first kappa shape index (κ1) is 17.3. The summed E-state index contributed by atoms with van der Waals surface area (Å²) < 4.78 is 3.67. The van der Waals surface area contributed by atoms with E-state index >= 15 is 0 Å². The summed E-state index contributed by atoms with van der Waals surface area (Å²) in [5.74, 6) is -1.10. The summed E-state index contributed by atoms with van der Waals surface area (Å²) in [7, 11) is 1.42. The first-order chi connectivity index (χ1) is 12.9. The second-order valence-electron chi connectivity index (χ2n) is 7.10. The lowest BCUT2D eigenvalue weighted by Crippen LogP contribution is -2.45. The van der Waals surface area contributed by atoms with Crippen LogP contribution in [0.25, 0.3) is 11.0 Å². The molecule has 0 spiro atoms. The minimum absolute atomic E-state index is 0.255. The molecule has 3 aromatic rings. The number of aryl methyl sites for hydroxylation is 1. The number of rotatable bonds is 4. The molecule has 0 unspecified atom stereocenters. The molecule has 0 aromatic carbocycles. The van der Waals surface area contributed by atoms with Gasteiger partial charge in [0.15, 0.2) is 11.4 Å². The Morgan fingerprint density at radius 3 is 2.81 bits per heavy atom. The molecule has 0 bridgehead atoms. The molecule has 1 amide bonds. The molecule has 4 rings (SSSR count). The summed E-state index contributed by atoms with van der Waals surface area (Å²) >= 11 is 0. The lowest BCUT2D eigenvalue weighted by Gasteiger charge is -2.43. The minimum Gasteiger partial charge on any atom is -0.503 e. The molecule has 1 aliphatic carbocycles. The summed E-state index contributed by atoms with van der Waals surface area (Å²) in [5, 5.41) is 17.7. The lowest BCUT2D eigenvalue weighted by molar-refractivity contribution is 0.0942. The molecule has 1 fully saturated rings. The smallest absolute Gasteiger partial charge is 0.275 e. The quantitative estimate of drug-likeness (QED) is 0.728. The normalized spacial score (nSPS) is 15.5. The number of hydrogen-bond donors (Lipinski definition) is 2. The monoisotopic (exact) mass is 367 g/mol. The van der Waals surface area contributed by atoms with E-state index in [9.17, 15) is 14.7 Å². The first-order valence-corrected chi connectivity index (χ1v) is 8.91. The highest BCUT2D eigenvalue weighted by atomic mass is 16.3. The van der Waals surface area contributed by atoms with E-state index in [0.29, 0.717) is 6.54 Å². The van der Waals surface area contributed by atoms with Crippen LogP contribution in [0.5, 0.6) is 5.75 Å². The second kappa shape index (κ2) is 6.22. The number of nitrogens with one attached hydrogen (secondary N) is 1. The number of pyridine rings is 1. The number of carbonyl (C=O) groups is 1. The van der Waals surface area contributed by atoms with Gasteiger partial charge >= 0.3 is 0 Å². The molecule has 8 nitrogen and oxygen atoms in total. The zero-order chi connectivity index (χ0) is 19.2. The minimum atomic E-state index is -0.766. The molecular weight excluding hydrogens is 346 g/mol. The number of carbonyl (C=O) groups excluding carboxylic acids is 1. The van der Waals surface area contributed by atoms with Crippen molar-refractivity contribution in [2.45, 2.75) is 38.3 Å². The van der Waals surface area contributed by atoms with Crippen LogP contribution in [-0.4, -0.2) is 37.4 Å². The Balaban J connectivity index is 1.79. The van der Waals surface area contributed by atoms with E-state index < -0.39 is 17.1 Å². The van der Waals surface area contributed by atoms with Crippen LogP contribution in [0, 0.1) is 6.92 Å². The van der Waals surface area contributed by atoms with Crippen molar-refractivity contribution >= 4 is 16.9 Å². The Morgan fingerprint density at radius 2 is 2.15 bits per heavy atom. The standard InChI is InChI=1S/C19H21N5O3/c1-12-9-24(17-13(12)5-3-8-21-17)19(6-4-7-19)11-23-10-14(25)16(26)15(22-23)18(27)20-2/h3,5,8-10,25H,4,6-7,11H2,1-2H3,(H,20,27). The maximum atomic E-state index is 12.0. The van der Waals surface area contributed by atoms with Gasteiger partial charge < -0.3 is 15.0 Å². The van der Waals surface area contributed by atoms with Gasteiger partial charge in [-0.3, -0.25) is 14.3 Å². The SMILES string of the molecule is CNC(=O)c1nn(CC2(n3cc(C)c4cccnc43)CCC2)cc(O)c1=O. The van der Waals surface area contributed by atoms with Crippen molar-refractivity contribution in [1.29, 1.82) is 0 Å². The van der Waals surface area contributed by atoms with Crippen molar-refractivity contribution in [3.8, 4) is 5.75 Å². The molecule has 1 saturated carbocycles. The third kappa shape index (κ3) is 2.68. The fourth-order valence-electron chi connectivity index (χ4n) is 3.82. The number of fused-ring (bicyclic) bond motifs is 1. The molecule has 8 heteroatoms. The fraction of sp³-hybridized carbons (Fsp3) is 0.368. The summed E-state index contributed by atoms with van der Waals surface area (Å²) in [5.41, 5.74) is 0.725. The molecular formula is C19H21N5O3. The first-order valence-electron chi connectivity index (χ1n) is 8.91. The fourth-order valence-corrected chi connectivity index (χ4v) is 3.82. The zero-order valence-electron chi connectivity index (χ0n) is 15.3.